The van der Waals surface area contributed by atoms with Gasteiger partial charge in [-0.3, -0.25) is 4.79 Å². The second-order valence-electron chi connectivity index (χ2n) is 3.50. The number of carbonyl (C=O) groups is 2. The fourth-order valence-electron chi connectivity index (χ4n) is 1.29. The van der Waals surface area contributed by atoms with E-state index < -0.39 is 23.7 Å². The normalized spacial score (nSPS) is 11.3. The van der Waals surface area contributed by atoms with E-state index in [4.69, 9.17) is 17.3 Å². The van der Waals surface area contributed by atoms with Gasteiger partial charge in [0.15, 0.2) is 0 Å². The van der Waals surface area contributed by atoms with Gasteiger partial charge in [-0.15, -0.1) is 12.3 Å². The quantitative estimate of drug-likeness (QED) is 0.674. The zero-order valence-corrected chi connectivity index (χ0v) is 9.31. The monoisotopic (exact) mass is 250 g/mol. The molecule has 0 fully saturated rings. The van der Waals surface area contributed by atoms with Gasteiger partial charge in [-0.05, 0) is 18.2 Å². The Labute approximate surface area is 103 Å². The number of aliphatic carboxylic acids is 1. The van der Waals surface area contributed by atoms with Gasteiger partial charge < -0.3 is 16.2 Å². The molecule has 1 aromatic carbocycles. The number of benzene rings is 1. The minimum atomic E-state index is -1.19. The lowest BCUT2D eigenvalue weighted by molar-refractivity contribution is -0.137. The van der Waals surface area contributed by atoms with E-state index in [9.17, 15) is 14.0 Å². The van der Waals surface area contributed by atoms with Crippen LogP contribution in [0.1, 0.15) is 16.8 Å². The molecule has 0 heterocycles. The molecule has 0 aromatic heterocycles. The molecule has 18 heavy (non-hydrogen) atoms. The number of nitrogens with one attached hydrogen (secondary N) is 1. The zero-order valence-electron chi connectivity index (χ0n) is 9.31. The van der Waals surface area contributed by atoms with Crippen molar-refractivity contribution in [2.75, 3.05) is 5.32 Å². The number of anilines is 1. The number of amides is 1. The fourth-order valence-corrected chi connectivity index (χ4v) is 1.29. The molecule has 0 bridgehead atoms. The summed E-state index contributed by atoms with van der Waals surface area (Å²) in [6.45, 7) is 0. The molecule has 0 saturated heterocycles. The van der Waals surface area contributed by atoms with Crippen molar-refractivity contribution in [2.45, 2.75) is 12.5 Å². The molecule has 94 valence electrons. The number of hydrogen-bond acceptors (Lipinski definition) is 3. The highest BCUT2D eigenvalue weighted by Crippen LogP contribution is 2.17. The van der Waals surface area contributed by atoms with Gasteiger partial charge in [0.1, 0.15) is 11.9 Å². The Morgan fingerprint density at radius 2 is 2.22 bits per heavy atom. The maximum Gasteiger partial charge on any atom is 0.327 e. The summed E-state index contributed by atoms with van der Waals surface area (Å²) in [7, 11) is 0. The van der Waals surface area contributed by atoms with Crippen molar-refractivity contribution >= 4 is 17.6 Å². The standard InChI is InChI=1S/C12H11FN2O3/c1-2-3-10(12(17)18)15-9-5-4-7(11(14)16)6-8(9)13/h1,4-6,10,15H,3H2,(H2,14,16)(H,17,18). The Hall–Kier alpha value is -2.55. The molecule has 0 aliphatic carbocycles. The van der Waals surface area contributed by atoms with Crippen molar-refractivity contribution in [3.05, 3.63) is 29.6 Å². The molecule has 1 unspecified atom stereocenters. The maximum absolute atomic E-state index is 13.6. The predicted molar refractivity (Wildman–Crippen MR) is 63.4 cm³/mol. The predicted octanol–water partition coefficient (Wildman–Crippen LogP) is 0.813. The van der Waals surface area contributed by atoms with Gasteiger partial charge in [-0.1, -0.05) is 0 Å². The van der Waals surface area contributed by atoms with E-state index in [0.717, 1.165) is 6.07 Å². The number of rotatable bonds is 5. The Bertz CT molecular complexity index is 523. The van der Waals surface area contributed by atoms with Gasteiger partial charge in [0.25, 0.3) is 0 Å². The molecular formula is C12H11FN2O3. The number of terminal acetylenes is 1. The lowest BCUT2D eigenvalue weighted by Crippen LogP contribution is -2.29. The lowest BCUT2D eigenvalue weighted by Gasteiger charge is -2.14. The first-order valence-corrected chi connectivity index (χ1v) is 4.98. The Morgan fingerprint density at radius 3 is 2.67 bits per heavy atom. The minimum absolute atomic E-state index is 0.00174. The smallest absolute Gasteiger partial charge is 0.327 e. The van der Waals surface area contributed by atoms with Crippen molar-refractivity contribution in [3.8, 4) is 12.3 Å². The number of hydrogen-bond donors (Lipinski definition) is 3. The van der Waals surface area contributed by atoms with E-state index in [-0.39, 0.29) is 17.7 Å². The van der Waals surface area contributed by atoms with Crippen molar-refractivity contribution in [2.24, 2.45) is 5.73 Å². The van der Waals surface area contributed by atoms with E-state index in [0.29, 0.717) is 0 Å². The van der Waals surface area contributed by atoms with Crippen molar-refractivity contribution < 1.29 is 19.1 Å². The Balaban J connectivity index is 2.94. The van der Waals surface area contributed by atoms with Crippen molar-refractivity contribution in [1.82, 2.24) is 0 Å². The van der Waals surface area contributed by atoms with Crippen LogP contribution in [-0.2, 0) is 4.79 Å². The van der Waals surface area contributed by atoms with Crippen LogP contribution in [0.3, 0.4) is 0 Å². The Morgan fingerprint density at radius 1 is 1.56 bits per heavy atom. The topological polar surface area (TPSA) is 92.4 Å². The summed E-state index contributed by atoms with van der Waals surface area (Å²) >= 11 is 0. The van der Waals surface area contributed by atoms with Crippen LogP contribution < -0.4 is 11.1 Å². The second-order valence-corrected chi connectivity index (χ2v) is 3.50. The summed E-state index contributed by atoms with van der Waals surface area (Å²) < 4.78 is 13.6. The molecule has 4 N–H and O–H groups in total. The molecule has 1 atom stereocenters. The largest absolute Gasteiger partial charge is 0.480 e. The van der Waals surface area contributed by atoms with Crippen molar-refractivity contribution in [1.29, 1.82) is 0 Å². The van der Waals surface area contributed by atoms with Crippen LogP contribution in [0.15, 0.2) is 18.2 Å². The van der Waals surface area contributed by atoms with E-state index >= 15 is 0 Å². The summed E-state index contributed by atoms with van der Waals surface area (Å²) in [5.74, 6) is -0.544. The first-order valence-electron chi connectivity index (χ1n) is 4.98. The number of carbonyl (C=O) groups excluding carboxylic acids is 1. The van der Waals surface area contributed by atoms with Gasteiger partial charge in [0.05, 0.1) is 5.69 Å². The molecular weight excluding hydrogens is 239 g/mol. The minimum Gasteiger partial charge on any atom is -0.480 e. The van der Waals surface area contributed by atoms with E-state index in [1.807, 2.05) is 0 Å². The zero-order chi connectivity index (χ0) is 13.7. The molecule has 1 rings (SSSR count). The molecule has 1 amide bonds. The van der Waals surface area contributed by atoms with Crippen LogP contribution in [0.5, 0.6) is 0 Å². The number of carboxylic acid groups (broad SMARTS) is 1. The lowest BCUT2D eigenvalue weighted by atomic mass is 10.1. The van der Waals surface area contributed by atoms with Crippen LogP contribution in [0.2, 0.25) is 0 Å². The van der Waals surface area contributed by atoms with Gasteiger partial charge in [-0.2, -0.15) is 0 Å². The third kappa shape index (κ3) is 3.22. The first kappa shape index (κ1) is 13.5. The Kier molecular flexibility index (Phi) is 4.27. The summed E-state index contributed by atoms with van der Waals surface area (Å²) in [6, 6.07) is 2.37. The van der Waals surface area contributed by atoms with Gasteiger partial charge >= 0.3 is 5.97 Å². The van der Waals surface area contributed by atoms with Gasteiger partial charge in [0.2, 0.25) is 5.91 Å². The second kappa shape index (κ2) is 5.68. The first-order chi connectivity index (χ1) is 8.45. The molecule has 6 heteroatoms. The summed E-state index contributed by atoms with van der Waals surface area (Å²) in [4.78, 5) is 21.6. The average molecular weight is 250 g/mol. The molecule has 0 spiro atoms. The highest BCUT2D eigenvalue weighted by molar-refractivity contribution is 5.93. The molecule has 0 aliphatic heterocycles. The fraction of sp³-hybridized carbons (Fsp3) is 0.167. The molecule has 1 aromatic rings. The third-order valence-corrected chi connectivity index (χ3v) is 2.20. The molecule has 5 nitrogen and oxygen atoms in total. The number of nitrogens with two attached hydrogens (primary N) is 1. The summed E-state index contributed by atoms with van der Waals surface area (Å²) in [5.41, 5.74) is 4.93. The maximum atomic E-state index is 13.6. The molecule has 0 radical (unpaired) electrons. The summed E-state index contributed by atoms with van der Waals surface area (Å²) in [5, 5.41) is 11.3. The number of primary amides is 1. The van der Waals surface area contributed by atoms with Crippen molar-refractivity contribution in [3.63, 3.8) is 0 Å². The highest BCUT2D eigenvalue weighted by Gasteiger charge is 2.17. The van der Waals surface area contributed by atoms with E-state index in [2.05, 4.69) is 11.2 Å². The van der Waals surface area contributed by atoms with Gasteiger partial charge in [-0.25, -0.2) is 9.18 Å². The van der Waals surface area contributed by atoms with Crippen LogP contribution >= 0.6 is 0 Å². The summed E-state index contributed by atoms with van der Waals surface area (Å²) in [6.07, 6.45) is 4.92. The molecule has 0 aliphatic rings. The highest BCUT2D eigenvalue weighted by atomic mass is 19.1. The SMILES string of the molecule is C#CCC(Nc1ccc(C(N)=O)cc1F)C(=O)O. The van der Waals surface area contributed by atoms with Crippen LogP contribution in [0, 0.1) is 18.2 Å². The van der Waals surface area contributed by atoms with Crippen LogP contribution in [-0.4, -0.2) is 23.0 Å². The van der Waals surface area contributed by atoms with E-state index in [1.165, 1.54) is 12.1 Å². The molecule has 0 saturated carbocycles. The third-order valence-electron chi connectivity index (χ3n) is 2.20. The van der Waals surface area contributed by atoms with E-state index in [1.54, 1.807) is 0 Å². The van der Waals surface area contributed by atoms with Crippen LogP contribution in [0.25, 0.3) is 0 Å². The average Bonchev–Trinajstić information content (AvgIpc) is 2.30. The van der Waals surface area contributed by atoms with Crippen LogP contribution in [0.4, 0.5) is 10.1 Å². The van der Waals surface area contributed by atoms with Gasteiger partial charge in [0, 0.05) is 12.0 Å². The number of carboxylic acids is 1. The number of halogens is 1.